The predicted octanol–water partition coefficient (Wildman–Crippen LogP) is 4.29. The summed E-state index contributed by atoms with van der Waals surface area (Å²) in [6, 6.07) is 8.98. The number of hydrogen-bond donors (Lipinski definition) is 1. The van der Waals surface area contributed by atoms with Crippen LogP contribution >= 0.6 is 0 Å². The van der Waals surface area contributed by atoms with E-state index in [4.69, 9.17) is 0 Å². The standard InChI is InChI=1S/C22H28F2N2O3S/c1-14(16-7-9-17(10-8-16)22(3,4)5)25-21(27)15(2)26(30(6,28)29)18-11-12-19(23)20(24)13-18/h7-15H,1-6H3,(H,25,27). The van der Waals surface area contributed by atoms with Crippen LogP contribution in [0.4, 0.5) is 14.5 Å². The second-order valence-corrected chi connectivity index (χ2v) is 10.3. The van der Waals surface area contributed by atoms with E-state index in [1.54, 1.807) is 6.92 Å². The number of rotatable bonds is 6. The number of carbonyl (C=O) groups is 1. The molecule has 1 amide bonds. The van der Waals surface area contributed by atoms with Gasteiger partial charge >= 0.3 is 0 Å². The molecule has 0 aliphatic carbocycles. The summed E-state index contributed by atoms with van der Waals surface area (Å²) in [5.41, 5.74) is 1.89. The van der Waals surface area contributed by atoms with Crippen molar-refractivity contribution in [3.05, 3.63) is 65.2 Å². The van der Waals surface area contributed by atoms with Crippen LogP contribution in [0, 0.1) is 11.6 Å². The van der Waals surface area contributed by atoms with Crippen molar-refractivity contribution in [2.24, 2.45) is 0 Å². The van der Waals surface area contributed by atoms with E-state index in [-0.39, 0.29) is 17.1 Å². The summed E-state index contributed by atoms with van der Waals surface area (Å²) >= 11 is 0. The first-order valence-corrected chi connectivity index (χ1v) is 11.4. The lowest BCUT2D eigenvalue weighted by Gasteiger charge is -2.29. The monoisotopic (exact) mass is 438 g/mol. The topological polar surface area (TPSA) is 66.5 Å². The molecule has 2 rings (SSSR count). The predicted molar refractivity (Wildman–Crippen MR) is 115 cm³/mol. The molecule has 0 aromatic heterocycles. The number of amides is 1. The molecule has 0 heterocycles. The first kappa shape index (κ1) is 23.8. The number of nitrogens with one attached hydrogen (secondary N) is 1. The molecule has 0 bridgehead atoms. The van der Waals surface area contributed by atoms with Crippen molar-refractivity contribution in [1.82, 2.24) is 5.32 Å². The molecule has 0 aliphatic heterocycles. The van der Waals surface area contributed by atoms with Crippen molar-refractivity contribution in [2.75, 3.05) is 10.6 Å². The third-order valence-corrected chi connectivity index (χ3v) is 6.12. The zero-order valence-corrected chi connectivity index (χ0v) is 18.8. The SMILES string of the molecule is CC(NC(=O)C(C)N(c1ccc(F)c(F)c1)S(C)(=O)=O)c1ccc(C(C)(C)C)cc1. The Morgan fingerprint density at radius 2 is 1.57 bits per heavy atom. The molecular weight excluding hydrogens is 410 g/mol. The van der Waals surface area contributed by atoms with Crippen LogP contribution in [-0.4, -0.2) is 26.6 Å². The molecule has 8 heteroatoms. The van der Waals surface area contributed by atoms with Crippen molar-refractivity contribution >= 4 is 21.6 Å². The summed E-state index contributed by atoms with van der Waals surface area (Å²) in [4.78, 5) is 12.8. The van der Waals surface area contributed by atoms with Gasteiger partial charge in [0.1, 0.15) is 6.04 Å². The number of nitrogens with zero attached hydrogens (tertiary/aromatic N) is 1. The minimum atomic E-state index is -3.93. The fraction of sp³-hybridized carbons (Fsp3) is 0.409. The van der Waals surface area contributed by atoms with Gasteiger partial charge in [-0.3, -0.25) is 9.10 Å². The highest BCUT2D eigenvalue weighted by molar-refractivity contribution is 7.92. The Balaban J connectivity index is 2.23. The van der Waals surface area contributed by atoms with Crippen molar-refractivity contribution < 1.29 is 22.0 Å². The lowest BCUT2D eigenvalue weighted by molar-refractivity contribution is -0.122. The van der Waals surface area contributed by atoms with E-state index in [2.05, 4.69) is 26.1 Å². The van der Waals surface area contributed by atoms with Crippen LogP contribution in [0.25, 0.3) is 0 Å². The molecule has 2 atom stereocenters. The molecule has 5 nitrogen and oxygen atoms in total. The van der Waals surface area contributed by atoms with Crippen molar-refractivity contribution in [3.8, 4) is 0 Å². The van der Waals surface area contributed by atoms with Gasteiger partial charge in [0, 0.05) is 6.07 Å². The molecule has 2 aromatic rings. The maximum atomic E-state index is 13.6. The molecule has 0 saturated carbocycles. The molecular formula is C22H28F2N2O3S. The number of anilines is 1. The highest BCUT2D eigenvalue weighted by Crippen LogP contribution is 2.25. The molecule has 0 radical (unpaired) electrons. The van der Waals surface area contributed by atoms with Crippen LogP contribution < -0.4 is 9.62 Å². The van der Waals surface area contributed by atoms with Crippen molar-refractivity contribution in [3.63, 3.8) is 0 Å². The molecule has 0 spiro atoms. The van der Waals surface area contributed by atoms with Crippen molar-refractivity contribution in [1.29, 1.82) is 0 Å². The smallest absolute Gasteiger partial charge is 0.244 e. The van der Waals surface area contributed by atoms with Gasteiger partial charge in [0.05, 0.1) is 18.0 Å². The summed E-state index contributed by atoms with van der Waals surface area (Å²) in [6.07, 6.45) is 0.909. The van der Waals surface area contributed by atoms with Crippen LogP contribution in [0.1, 0.15) is 51.8 Å². The largest absolute Gasteiger partial charge is 0.348 e. The molecule has 0 fully saturated rings. The van der Waals surface area contributed by atoms with E-state index in [1.165, 1.54) is 6.92 Å². The lowest BCUT2D eigenvalue weighted by atomic mass is 9.86. The van der Waals surface area contributed by atoms with E-state index in [1.807, 2.05) is 24.3 Å². The van der Waals surface area contributed by atoms with Gasteiger partial charge in [-0.2, -0.15) is 0 Å². The number of carbonyl (C=O) groups excluding carboxylic acids is 1. The second kappa shape index (κ2) is 8.71. The maximum Gasteiger partial charge on any atom is 0.244 e. The molecule has 1 N–H and O–H groups in total. The van der Waals surface area contributed by atoms with E-state index >= 15 is 0 Å². The number of hydrogen-bond acceptors (Lipinski definition) is 3. The summed E-state index contributed by atoms with van der Waals surface area (Å²) in [5, 5.41) is 2.79. The van der Waals surface area contributed by atoms with E-state index in [0.29, 0.717) is 0 Å². The first-order valence-electron chi connectivity index (χ1n) is 9.57. The highest BCUT2D eigenvalue weighted by Gasteiger charge is 2.30. The Bertz CT molecular complexity index is 1020. The number of sulfonamides is 1. The average molecular weight is 439 g/mol. The Kier molecular flexibility index (Phi) is 6.91. The summed E-state index contributed by atoms with van der Waals surface area (Å²) < 4.78 is 52.3. The minimum absolute atomic E-state index is 0.0000508. The van der Waals surface area contributed by atoms with Gasteiger partial charge in [-0.25, -0.2) is 17.2 Å². The zero-order valence-electron chi connectivity index (χ0n) is 18.0. The summed E-state index contributed by atoms with van der Waals surface area (Å²) in [7, 11) is -3.93. The Labute approximate surface area is 177 Å². The number of halogens is 2. The number of benzene rings is 2. The van der Waals surface area contributed by atoms with Gasteiger partial charge in [0.15, 0.2) is 11.6 Å². The average Bonchev–Trinajstić information content (AvgIpc) is 2.63. The van der Waals surface area contributed by atoms with Crippen LogP contribution in [0.2, 0.25) is 0 Å². The molecule has 2 aromatic carbocycles. The third-order valence-electron chi connectivity index (χ3n) is 4.88. The molecule has 164 valence electrons. The maximum absolute atomic E-state index is 13.6. The second-order valence-electron chi connectivity index (χ2n) is 8.44. The lowest BCUT2D eigenvalue weighted by Crippen LogP contribution is -2.48. The van der Waals surface area contributed by atoms with Gasteiger partial charge in [-0.1, -0.05) is 45.0 Å². The van der Waals surface area contributed by atoms with Gasteiger partial charge < -0.3 is 5.32 Å². The third kappa shape index (κ3) is 5.56. The molecule has 0 aliphatic rings. The summed E-state index contributed by atoms with van der Waals surface area (Å²) in [6.45, 7) is 9.50. The van der Waals surface area contributed by atoms with E-state index < -0.39 is 33.6 Å². The fourth-order valence-electron chi connectivity index (χ4n) is 3.12. The van der Waals surface area contributed by atoms with Gasteiger partial charge in [0.25, 0.3) is 0 Å². The quantitative estimate of drug-likeness (QED) is 0.732. The van der Waals surface area contributed by atoms with Gasteiger partial charge in [-0.15, -0.1) is 0 Å². The Morgan fingerprint density at radius 3 is 2.03 bits per heavy atom. The van der Waals surface area contributed by atoms with Gasteiger partial charge in [-0.05, 0) is 42.5 Å². The van der Waals surface area contributed by atoms with Crippen LogP contribution in [-0.2, 0) is 20.2 Å². The Hall–Kier alpha value is -2.48. The van der Waals surface area contributed by atoms with E-state index in [0.717, 1.165) is 39.9 Å². The molecule has 0 saturated heterocycles. The summed E-state index contributed by atoms with van der Waals surface area (Å²) in [5.74, 6) is -2.85. The molecule has 2 unspecified atom stereocenters. The zero-order chi connectivity index (χ0) is 22.9. The normalized spacial score (nSPS) is 14.1. The van der Waals surface area contributed by atoms with Gasteiger partial charge in [0.2, 0.25) is 15.9 Å². The van der Waals surface area contributed by atoms with Crippen LogP contribution in [0.5, 0.6) is 0 Å². The fourth-order valence-corrected chi connectivity index (χ4v) is 4.29. The molecule has 30 heavy (non-hydrogen) atoms. The first-order chi connectivity index (χ1) is 13.7. The highest BCUT2D eigenvalue weighted by atomic mass is 32.2. The van der Waals surface area contributed by atoms with Crippen molar-refractivity contribution in [2.45, 2.75) is 52.1 Å². The van der Waals surface area contributed by atoms with E-state index in [9.17, 15) is 22.0 Å². The van der Waals surface area contributed by atoms with Crippen LogP contribution in [0.15, 0.2) is 42.5 Å². The minimum Gasteiger partial charge on any atom is -0.348 e. The Morgan fingerprint density at radius 1 is 1.00 bits per heavy atom. The van der Waals surface area contributed by atoms with Crippen LogP contribution in [0.3, 0.4) is 0 Å².